The third-order valence-corrected chi connectivity index (χ3v) is 4.31. The Bertz CT molecular complexity index is 982. The van der Waals surface area contributed by atoms with E-state index in [-0.39, 0.29) is 24.9 Å². The third kappa shape index (κ3) is 5.07. The Morgan fingerprint density at radius 1 is 1.10 bits per heavy atom. The van der Waals surface area contributed by atoms with Gasteiger partial charge in [-0.25, -0.2) is 9.07 Å². The lowest BCUT2D eigenvalue weighted by atomic mass is 10.1. The van der Waals surface area contributed by atoms with Gasteiger partial charge in [-0.2, -0.15) is 5.10 Å². The standard InChI is InChI=1S/C22H22FN3O3/c1-15(2)21-19(12-25-26(21)18-10-8-17(23)9-11-18)22(28)24-13-20(27)29-14-16-6-4-3-5-7-16/h3-12,15H,13-14H2,1-2H3,(H,24,28). The van der Waals surface area contributed by atoms with Crippen LogP contribution in [-0.2, 0) is 16.1 Å². The number of amides is 1. The largest absolute Gasteiger partial charge is 0.460 e. The summed E-state index contributed by atoms with van der Waals surface area (Å²) in [5.74, 6) is -1.31. The molecule has 29 heavy (non-hydrogen) atoms. The van der Waals surface area contributed by atoms with Crippen molar-refractivity contribution in [3.63, 3.8) is 0 Å². The van der Waals surface area contributed by atoms with Crippen LogP contribution in [0.2, 0.25) is 0 Å². The van der Waals surface area contributed by atoms with E-state index in [9.17, 15) is 14.0 Å². The van der Waals surface area contributed by atoms with Crippen LogP contribution in [0.3, 0.4) is 0 Å². The summed E-state index contributed by atoms with van der Waals surface area (Å²) in [4.78, 5) is 24.6. The zero-order valence-corrected chi connectivity index (χ0v) is 16.3. The number of carbonyl (C=O) groups excluding carboxylic acids is 2. The minimum Gasteiger partial charge on any atom is -0.460 e. The van der Waals surface area contributed by atoms with Gasteiger partial charge in [0.1, 0.15) is 19.0 Å². The van der Waals surface area contributed by atoms with E-state index < -0.39 is 11.9 Å². The van der Waals surface area contributed by atoms with Crippen LogP contribution >= 0.6 is 0 Å². The van der Waals surface area contributed by atoms with Gasteiger partial charge in [0.05, 0.1) is 23.1 Å². The van der Waals surface area contributed by atoms with E-state index in [0.29, 0.717) is 16.9 Å². The first-order chi connectivity index (χ1) is 14.0. The molecule has 1 N–H and O–H groups in total. The average molecular weight is 395 g/mol. The lowest BCUT2D eigenvalue weighted by Crippen LogP contribution is -2.31. The molecule has 3 aromatic rings. The zero-order chi connectivity index (χ0) is 20.8. The van der Waals surface area contributed by atoms with Gasteiger partial charge < -0.3 is 10.1 Å². The van der Waals surface area contributed by atoms with Crippen molar-refractivity contribution in [3.05, 3.63) is 83.4 Å². The number of carbonyl (C=O) groups is 2. The highest BCUT2D eigenvalue weighted by Gasteiger charge is 2.21. The Morgan fingerprint density at radius 2 is 1.79 bits per heavy atom. The Labute approximate surface area is 168 Å². The Hall–Kier alpha value is -3.48. The van der Waals surface area contributed by atoms with Crippen molar-refractivity contribution in [1.82, 2.24) is 15.1 Å². The molecule has 0 aliphatic carbocycles. The van der Waals surface area contributed by atoms with Crippen LogP contribution in [0, 0.1) is 5.82 Å². The second-order valence-corrected chi connectivity index (χ2v) is 6.82. The summed E-state index contributed by atoms with van der Waals surface area (Å²) in [7, 11) is 0. The van der Waals surface area contributed by atoms with E-state index >= 15 is 0 Å². The van der Waals surface area contributed by atoms with Crippen LogP contribution in [0.5, 0.6) is 0 Å². The quantitative estimate of drug-likeness (QED) is 0.621. The number of esters is 1. The Balaban J connectivity index is 1.66. The van der Waals surface area contributed by atoms with Crippen LogP contribution in [0.15, 0.2) is 60.8 Å². The maximum absolute atomic E-state index is 13.2. The maximum atomic E-state index is 13.2. The summed E-state index contributed by atoms with van der Waals surface area (Å²) in [6.45, 7) is 3.77. The van der Waals surface area contributed by atoms with Crippen LogP contribution in [-0.4, -0.2) is 28.2 Å². The molecule has 7 heteroatoms. The Kier molecular flexibility index (Phi) is 6.39. The molecule has 150 valence electrons. The van der Waals surface area contributed by atoms with Gasteiger partial charge in [-0.05, 0) is 35.7 Å². The molecule has 3 rings (SSSR count). The third-order valence-electron chi connectivity index (χ3n) is 4.31. The second-order valence-electron chi connectivity index (χ2n) is 6.82. The van der Waals surface area contributed by atoms with E-state index in [1.807, 2.05) is 44.2 Å². The molecule has 0 saturated carbocycles. The van der Waals surface area contributed by atoms with Crippen molar-refractivity contribution in [2.24, 2.45) is 0 Å². The number of ether oxygens (including phenoxy) is 1. The van der Waals surface area contributed by atoms with Gasteiger partial charge in [0.25, 0.3) is 5.91 Å². The minimum absolute atomic E-state index is 0.0201. The molecule has 6 nitrogen and oxygen atoms in total. The molecule has 0 atom stereocenters. The number of hydrogen-bond acceptors (Lipinski definition) is 4. The topological polar surface area (TPSA) is 73.2 Å². The van der Waals surface area contributed by atoms with Crippen LogP contribution in [0.4, 0.5) is 4.39 Å². The Morgan fingerprint density at radius 3 is 2.45 bits per heavy atom. The molecule has 1 amide bonds. The van der Waals surface area contributed by atoms with E-state index in [1.165, 1.54) is 18.3 Å². The summed E-state index contributed by atoms with van der Waals surface area (Å²) < 4.78 is 20.0. The van der Waals surface area contributed by atoms with Crippen molar-refractivity contribution < 1.29 is 18.7 Å². The predicted molar refractivity (Wildman–Crippen MR) is 106 cm³/mol. The summed E-state index contributed by atoms with van der Waals surface area (Å²) in [5, 5.41) is 6.86. The SMILES string of the molecule is CC(C)c1c(C(=O)NCC(=O)OCc2ccccc2)cnn1-c1ccc(F)cc1. The van der Waals surface area contributed by atoms with Gasteiger partial charge >= 0.3 is 5.97 Å². The fourth-order valence-corrected chi connectivity index (χ4v) is 2.91. The maximum Gasteiger partial charge on any atom is 0.325 e. The van der Waals surface area contributed by atoms with Crippen molar-refractivity contribution in [2.75, 3.05) is 6.54 Å². The molecule has 0 radical (unpaired) electrons. The predicted octanol–water partition coefficient (Wildman–Crippen LogP) is 3.61. The molecule has 0 spiro atoms. The summed E-state index contributed by atoms with van der Waals surface area (Å²) in [5.41, 5.74) is 2.55. The lowest BCUT2D eigenvalue weighted by molar-refractivity contribution is -0.143. The highest BCUT2D eigenvalue weighted by Crippen LogP contribution is 2.23. The van der Waals surface area contributed by atoms with E-state index in [0.717, 1.165) is 5.56 Å². The molecular weight excluding hydrogens is 373 g/mol. The molecule has 0 aliphatic rings. The van der Waals surface area contributed by atoms with Gasteiger partial charge in [-0.1, -0.05) is 44.2 Å². The molecular formula is C22H22FN3O3. The summed E-state index contributed by atoms with van der Waals surface area (Å²) >= 11 is 0. The first-order valence-electron chi connectivity index (χ1n) is 9.27. The normalized spacial score (nSPS) is 10.8. The van der Waals surface area contributed by atoms with Gasteiger partial charge in [-0.3, -0.25) is 9.59 Å². The highest BCUT2D eigenvalue weighted by molar-refractivity contribution is 5.97. The van der Waals surface area contributed by atoms with E-state index in [1.54, 1.807) is 16.8 Å². The number of rotatable bonds is 7. The molecule has 0 saturated heterocycles. The van der Waals surface area contributed by atoms with Crippen molar-refractivity contribution in [3.8, 4) is 5.69 Å². The number of aromatic nitrogens is 2. The molecule has 1 aromatic heterocycles. The summed E-state index contributed by atoms with van der Waals surface area (Å²) in [6.07, 6.45) is 1.45. The number of halogens is 1. The monoisotopic (exact) mass is 395 g/mol. The molecule has 1 heterocycles. The molecule has 0 unspecified atom stereocenters. The van der Waals surface area contributed by atoms with Crippen LogP contribution in [0.25, 0.3) is 5.69 Å². The van der Waals surface area contributed by atoms with Crippen LogP contribution < -0.4 is 5.32 Å². The first-order valence-corrected chi connectivity index (χ1v) is 9.27. The number of nitrogens with one attached hydrogen (secondary N) is 1. The van der Waals surface area contributed by atoms with Gasteiger partial charge in [0.2, 0.25) is 0 Å². The molecule has 0 aliphatic heterocycles. The molecule has 0 bridgehead atoms. The molecule has 0 fully saturated rings. The molecule has 2 aromatic carbocycles. The lowest BCUT2D eigenvalue weighted by Gasteiger charge is -2.13. The van der Waals surface area contributed by atoms with Gasteiger partial charge in [0, 0.05) is 0 Å². The smallest absolute Gasteiger partial charge is 0.325 e. The van der Waals surface area contributed by atoms with E-state index in [2.05, 4.69) is 10.4 Å². The fourth-order valence-electron chi connectivity index (χ4n) is 2.91. The van der Waals surface area contributed by atoms with Crippen molar-refractivity contribution in [2.45, 2.75) is 26.4 Å². The van der Waals surface area contributed by atoms with E-state index in [4.69, 9.17) is 4.74 Å². The number of nitrogens with zero attached hydrogens (tertiary/aromatic N) is 2. The van der Waals surface area contributed by atoms with Gasteiger partial charge in [-0.15, -0.1) is 0 Å². The minimum atomic E-state index is -0.528. The average Bonchev–Trinajstić information content (AvgIpc) is 3.17. The van der Waals surface area contributed by atoms with Crippen molar-refractivity contribution in [1.29, 1.82) is 0 Å². The fraction of sp³-hybridized carbons (Fsp3) is 0.227. The first kappa shape index (κ1) is 20.3. The summed E-state index contributed by atoms with van der Waals surface area (Å²) in [6, 6.07) is 15.2. The number of hydrogen-bond donors (Lipinski definition) is 1. The van der Waals surface area contributed by atoms with Crippen molar-refractivity contribution >= 4 is 11.9 Å². The number of benzene rings is 2. The zero-order valence-electron chi connectivity index (χ0n) is 16.3. The second kappa shape index (κ2) is 9.14. The van der Waals surface area contributed by atoms with Gasteiger partial charge in [0.15, 0.2) is 0 Å². The highest BCUT2D eigenvalue weighted by atomic mass is 19.1. The van der Waals surface area contributed by atoms with Crippen LogP contribution in [0.1, 0.15) is 41.4 Å².